The highest BCUT2D eigenvalue weighted by Crippen LogP contribution is 2.30. The summed E-state index contributed by atoms with van der Waals surface area (Å²) in [5.41, 5.74) is 7.74. The van der Waals surface area contributed by atoms with Gasteiger partial charge in [0.15, 0.2) is 0 Å². The first-order chi connectivity index (χ1) is 9.84. The van der Waals surface area contributed by atoms with Gasteiger partial charge in [-0.2, -0.15) is 0 Å². The molecule has 1 aromatic rings. The third-order valence-corrected chi connectivity index (χ3v) is 4.70. The van der Waals surface area contributed by atoms with Gasteiger partial charge in [0.25, 0.3) is 0 Å². The number of likely N-dealkylation sites (tertiary alicyclic amines) is 1. The van der Waals surface area contributed by atoms with E-state index < -0.39 is 0 Å². The molecule has 124 valence electrons. The highest BCUT2D eigenvalue weighted by atomic mass is 35.5. The molecular formula is C16H25Cl2N3O. The van der Waals surface area contributed by atoms with Crippen molar-refractivity contribution in [2.24, 2.45) is 11.1 Å². The minimum absolute atomic E-state index is 0. The monoisotopic (exact) mass is 345 g/mol. The van der Waals surface area contributed by atoms with E-state index in [2.05, 4.69) is 17.1 Å². The zero-order chi connectivity index (χ0) is 15.6. The van der Waals surface area contributed by atoms with E-state index in [1.165, 1.54) is 0 Å². The molecule has 1 heterocycles. The van der Waals surface area contributed by atoms with E-state index in [9.17, 15) is 4.79 Å². The van der Waals surface area contributed by atoms with Crippen LogP contribution in [0.2, 0.25) is 5.02 Å². The maximum absolute atomic E-state index is 12.4. The fraction of sp³-hybridized carbons (Fsp3) is 0.562. The van der Waals surface area contributed by atoms with Gasteiger partial charge in [0.2, 0.25) is 5.91 Å². The zero-order valence-corrected chi connectivity index (χ0v) is 14.9. The van der Waals surface area contributed by atoms with Gasteiger partial charge in [0, 0.05) is 17.3 Å². The van der Waals surface area contributed by atoms with Gasteiger partial charge in [-0.25, -0.2) is 0 Å². The lowest BCUT2D eigenvalue weighted by Crippen LogP contribution is -2.42. The summed E-state index contributed by atoms with van der Waals surface area (Å²) in [5.74, 6) is 0.00152. The van der Waals surface area contributed by atoms with Gasteiger partial charge in [-0.05, 0) is 56.5 Å². The van der Waals surface area contributed by atoms with Crippen LogP contribution in [0.1, 0.15) is 25.8 Å². The molecule has 1 amide bonds. The summed E-state index contributed by atoms with van der Waals surface area (Å²) in [4.78, 5) is 14.6. The summed E-state index contributed by atoms with van der Waals surface area (Å²) in [6.45, 7) is 8.52. The van der Waals surface area contributed by atoms with E-state index in [1.54, 1.807) is 6.07 Å². The van der Waals surface area contributed by atoms with Gasteiger partial charge in [-0.15, -0.1) is 12.4 Å². The lowest BCUT2D eigenvalue weighted by molar-refractivity contribution is -0.120. The summed E-state index contributed by atoms with van der Waals surface area (Å²) in [6, 6.07) is 5.35. The number of nitrogens with zero attached hydrogens (tertiary/aromatic N) is 1. The van der Waals surface area contributed by atoms with Crippen LogP contribution in [0.15, 0.2) is 18.2 Å². The van der Waals surface area contributed by atoms with Crippen molar-refractivity contribution in [2.45, 2.75) is 33.2 Å². The molecule has 4 nitrogen and oxygen atoms in total. The summed E-state index contributed by atoms with van der Waals surface area (Å²) >= 11 is 5.99. The van der Waals surface area contributed by atoms with Crippen molar-refractivity contribution < 1.29 is 4.79 Å². The Labute approximate surface area is 143 Å². The van der Waals surface area contributed by atoms with Gasteiger partial charge in [0.05, 0.1) is 6.04 Å². The van der Waals surface area contributed by atoms with Crippen molar-refractivity contribution in [3.8, 4) is 0 Å². The van der Waals surface area contributed by atoms with E-state index in [1.807, 2.05) is 26.0 Å². The number of hydrogen-bond acceptors (Lipinski definition) is 3. The predicted molar refractivity (Wildman–Crippen MR) is 94.9 cm³/mol. The number of carbonyl (C=O) groups is 1. The molecule has 6 heteroatoms. The van der Waals surface area contributed by atoms with Crippen LogP contribution in [0.3, 0.4) is 0 Å². The highest BCUT2D eigenvalue weighted by Gasteiger charge is 2.36. The molecule has 0 saturated carbocycles. The largest absolute Gasteiger partial charge is 0.330 e. The first-order valence-corrected chi connectivity index (χ1v) is 7.73. The van der Waals surface area contributed by atoms with E-state index in [4.69, 9.17) is 17.3 Å². The molecular weight excluding hydrogens is 321 g/mol. The van der Waals surface area contributed by atoms with Crippen LogP contribution >= 0.6 is 24.0 Å². The fourth-order valence-electron chi connectivity index (χ4n) is 2.69. The van der Waals surface area contributed by atoms with Crippen LogP contribution in [0.5, 0.6) is 0 Å². The lowest BCUT2D eigenvalue weighted by Gasteiger charge is -2.26. The first kappa shape index (κ1) is 19.2. The molecule has 3 N–H and O–H groups in total. The number of carbonyl (C=O) groups excluding carboxylic acids is 1. The second kappa shape index (κ2) is 7.64. The lowest BCUT2D eigenvalue weighted by atomic mass is 9.90. The Morgan fingerprint density at radius 2 is 2.23 bits per heavy atom. The van der Waals surface area contributed by atoms with Crippen LogP contribution in [0, 0.1) is 12.3 Å². The third-order valence-electron chi connectivity index (χ3n) is 4.46. The summed E-state index contributed by atoms with van der Waals surface area (Å²) in [5, 5.41) is 3.60. The Morgan fingerprint density at radius 1 is 1.55 bits per heavy atom. The number of aryl methyl sites for hydroxylation is 1. The number of rotatable bonds is 4. The van der Waals surface area contributed by atoms with Gasteiger partial charge in [-0.3, -0.25) is 9.69 Å². The van der Waals surface area contributed by atoms with Crippen molar-refractivity contribution in [2.75, 3.05) is 25.0 Å². The minimum atomic E-state index is -0.170. The van der Waals surface area contributed by atoms with Crippen molar-refractivity contribution in [3.63, 3.8) is 0 Å². The van der Waals surface area contributed by atoms with Crippen LogP contribution in [0.4, 0.5) is 5.69 Å². The van der Waals surface area contributed by atoms with Crippen LogP contribution in [-0.2, 0) is 4.79 Å². The number of amides is 1. The van der Waals surface area contributed by atoms with Crippen molar-refractivity contribution in [1.82, 2.24) is 4.90 Å². The second-order valence-corrected chi connectivity index (χ2v) is 6.80. The molecule has 2 rings (SSSR count). The molecule has 2 atom stereocenters. The third kappa shape index (κ3) is 4.35. The number of nitrogens with two attached hydrogens (primary N) is 1. The standard InChI is InChI=1S/C16H24ClN3O.ClH/c1-11-4-5-13(17)8-14(11)19-15(21)12(2)20-7-6-16(3,9-18)10-20;/h4-5,8,12H,6-7,9-10,18H2,1-3H3,(H,19,21);1H. The van der Waals surface area contributed by atoms with E-state index >= 15 is 0 Å². The number of anilines is 1. The van der Waals surface area contributed by atoms with E-state index in [-0.39, 0.29) is 29.8 Å². The molecule has 0 spiro atoms. The number of benzene rings is 1. The topological polar surface area (TPSA) is 58.4 Å². The molecule has 1 fully saturated rings. The number of nitrogens with one attached hydrogen (secondary N) is 1. The van der Waals surface area contributed by atoms with Crippen LogP contribution in [0.25, 0.3) is 0 Å². The Morgan fingerprint density at radius 3 is 2.82 bits per heavy atom. The summed E-state index contributed by atoms with van der Waals surface area (Å²) < 4.78 is 0. The molecule has 0 aliphatic carbocycles. The van der Waals surface area contributed by atoms with E-state index in [0.717, 1.165) is 30.8 Å². The Kier molecular flexibility index (Phi) is 6.68. The normalized spacial score (nSPS) is 23.0. The van der Waals surface area contributed by atoms with Gasteiger partial charge >= 0.3 is 0 Å². The molecule has 0 radical (unpaired) electrons. The van der Waals surface area contributed by atoms with Crippen LogP contribution < -0.4 is 11.1 Å². The van der Waals surface area contributed by atoms with Gasteiger partial charge in [0.1, 0.15) is 0 Å². The van der Waals surface area contributed by atoms with Crippen molar-refractivity contribution >= 4 is 35.6 Å². The molecule has 22 heavy (non-hydrogen) atoms. The minimum Gasteiger partial charge on any atom is -0.330 e. The molecule has 0 aromatic heterocycles. The predicted octanol–water partition coefficient (Wildman–Crippen LogP) is 3.07. The molecule has 2 unspecified atom stereocenters. The average Bonchev–Trinajstić information content (AvgIpc) is 2.85. The van der Waals surface area contributed by atoms with Gasteiger partial charge < -0.3 is 11.1 Å². The highest BCUT2D eigenvalue weighted by molar-refractivity contribution is 6.31. The summed E-state index contributed by atoms with van der Waals surface area (Å²) in [7, 11) is 0. The van der Waals surface area contributed by atoms with Crippen molar-refractivity contribution in [1.29, 1.82) is 0 Å². The fourth-order valence-corrected chi connectivity index (χ4v) is 2.86. The SMILES string of the molecule is Cc1ccc(Cl)cc1NC(=O)C(C)N1CCC(C)(CN)C1.Cl. The zero-order valence-electron chi connectivity index (χ0n) is 13.4. The summed E-state index contributed by atoms with van der Waals surface area (Å²) in [6.07, 6.45) is 1.04. The average molecular weight is 346 g/mol. The maximum Gasteiger partial charge on any atom is 0.241 e. The van der Waals surface area contributed by atoms with E-state index in [0.29, 0.717) is 11.6 Å². The Balaban J connectivity index is 0.00000242. The number of hydrogen-bond donors (Lipinski definition) is 2. The molecule has 1 aromatic carbocycles. The Hall–Kier alpha value is -0.810. The molecule has 1 aliphatic rings. The molecule has 1 saturated heterocycles. The second-order valence-electron chi connectivity index (χ2n) is 6.36. The Bertz CT molecular complexity index is 538. The van der Waals surface area contributed by atoms with Crippen LogP contribution in [-0.4, -0.2) is 36.5 Å². The first-order valence-electron chi connectivity index (χ1n) is 7.36. The quantitative estimate of drug-likeness (QED) is 0.881. The smallest absolute Gasteiger partial charge is 0.241 e. The molecule has 1 aliphatic heterocycles. The number of halogens is 2. The van der Waals surface area contributed by atoms with Gasteiger partial charge in [-0.1, -0.05) is 24.6 Å². The molecule has 0 bridgehead atoms. The van der Waals surface area contributed by atoms with Crippen molar-refractivity contribution in [3.05, 3.63) is 28.8 Å². The maximum atomic E-state index is 12.4.